The first-order valence-corrected chi connectivity index (χ1v) is 12.7. The van der Waals surface area contributed by atoms with E-state index in [2.05, 4.69) is 29.2 Å². The Morgan fingerprint density at radius 3 is 1.87 bits per heavy atom. The van der Waals surface area contributed by atoms with Gasteiger partial charge in [0.25, 0.3) is 0 Å². The monoisotopic (exact) mass is 518 g/mol. The maximum atomic E-state index is 12.9. The van der Waals surface area contributed by atoms with Crippen molar-refractivity contribution in [2.24, 2.45) is 0 Å². The summed E-state index contributed by atoms with van der Waals surface area (Å²) in [5, 5.41) is 0. The van der Waals surface area contributed by atoms with Gasteiger partial charge in [-0.1, -0.05) is 12.1 Å². The lowest BCUT2D eigenvalue weighted by Gasteiger charge is -2.39. The summed E-state index contributed by atoms with van der Waals surface area (Å²) in [7, 11) is 1.60. The molecule has 0 aliphatic carbocycles. The fourth-order valence-electron chi connectivity index (χ4n) is 5.15. The minimum atomic E-state index is -0.350. The van der Waals surface area contributed by atoms with E-state index in [1.165, 1.54) is 0 Å². The predicted molar refractivity (Wildman–Crippen MR) is 137 cm³/mol. The first kappa shape index (κ1) is 24.5. The highest BCUT2D eigenvalue weighted by Gasteiger charge is 2.30. The maximum absolute atomic E-state index is 12.9. The van der Waals surface area contributed by atoms with Crippen molar-refractivity contribution in [2.75, 3.05) is 46.9 Å². The Kier molecular flexibility index (Phi) is 7.04. The molecule has 3 aliphatic rings. The highest BCUT2D eigenvalue weighted by molar-refractivity contribution is 5.71. The fraction of sp³-hybridized carbons (Fsp3) is 0.345. The van der Waals surface area contributed by atoms with Gasteiger partial charge in [0.2, 0.25) is 0 Å². The van der Waals surface area contributed by atoms with Crippen molar-refractivity contribution in [1.82, 2.24) is 9.80 Å². The summed E-state index contributed by atoms with van der Waals surface area (Å²) >= 11 is 0. The van der Waals surface area contributed by atoms with Crippen LogP contribution in [0.15, 0.2) is 60.7 Å². The SMILES string of the molecule is COc1ccc(OC(=O)N2CCN(C(c3ccc4c(c3)COCO4)c3ccc4c(c3)COCO4)CC2)cc1. The van der Waals surface area contributed by atoms with E-state index in [1.807, 2.05) is 12.1 Å². The summed E-state index contributed by atoms with van der Waals surface area (Å²) in [6.45, 7) is 4.08. The van der Waals surface area contributed by atoms with E-state index in [0.717, 1.165) is 33.8 Å². The van der Waals surface area contributed by atoms with Crippen LogP contribution in [0.2, 0.25) is 0 Å². The molecule has 0 spiro atoms. The molecule has 0 atom stereocenters. The Hall–Kier alpha value is -3.79. The molecule has 3 aromatic carbocycles. The van der Waals surface area contributed by atoms with E-state index < -0.39 is 0 Å². The highest BCUT2D eigenvalue weighted by atomic mass is 16.7. The maximum Gasteiger partial charge on any atom is 0.415 e. The van der Waals surface area contributed by atoms with Crippen molar-refractivity contribution in [3.63, 3.8) is 0 Å². The topological polar surface area (TPSA) is 78.9 Å². The number of carbonyl (C=O) groups is 1. The van der Waals surface area contributed by atoms with Gasteiger partial charge in [0.1, 0.15) is 23.0 Å². The molecule has 0 radical (unpaired) electrons. The normalized spacial score (nSPS) is 17.2. The van der Waals surface area contributed by atoms with Gasteiger partial charge in [-0.25, -0.2) is 4.79 Å². The molecule has 9 nitrogen and oxygen atoms in total. The molecule has 38 heavy (non-hydrogen) atoms. The van der Waals surface area contributed by atoms with Crippen molar-refractivity contribution < 1.29 is 33.2 Å². The lowest BCUT2D eigenvalue weighted by Crippen LogP contribution is -2.50. The number of piperazine rings is 1. The van der Waals surface area contributed by atoms with Gasteiger partial charge in [0, 0.05) is 37.3 Å². The standard InChI is InChI=1S/C29H30N2O7/c1-33-24-4-6-25(7-5-24)38-29(32)31-12-10-30(11-13-31)28(20-2-8-26-22(14-20)16-34-18-36-26)21-3-9-27-23(15-21)17-35-19-37-27/h2-9,14-15,28H,10-13,16-19H2,1H3. The zero-order valence-electron chi connectivity index (χ0n) is 21.3. The summed E-state index contributed by atoms with van der Waals surface area (Å²) in [4.78, 5) is 17.0. The molecule has 0 N–H and O–H groups in total. The van der Waals surface area contributed by atoms with Crippen LogP contribution in [0.4, 0.5) is 4.79 Å². The average Bonchev–Trinajstić information content (AvgIpc) is 2.98. The quantitative estimate of drug-likeness (QED) is 0.494. The van der Waals surface area contributed by atoms with Crippen LogP contribution in [0.25, 0.3) is 0 Å². The summed E-state index contributed by atoms with van der Waals surface area (Å²) in [5.74, 6) is 2.92. The van der Waals surface area contributed by atoms with Crippen LogP contribution in [-0.2, 0) is 22.7 Å². The van der Waals surface area contributed by atoms with E-state index in [4.69, 9.17) is 28.4 Å². The lowest BCUT2D eigenvalue weighted by atomic mass is 9.93. The smallest absolute Gasteiger partial charge is 0.415 e. The second-order valence-electron chi connectivity index (χ2n) is 9.42. The molecule has 6 rings (SSSR count). The van der Waals surface area contributed by atoms with Crippen LogP contribution in [0.5, 0.6) is 23.0 Å². The number of hydrogen-bond donors (Lipinski definition) is 0. The van der Waals surface area contributed by atoms with E-state index in [0.29, 0.717) is 50.9 Å². The van der Waals surface area contributed by atoms with Crippen LogP contribution in [0, 0.1) is 0 Å². The van der Waals surface area contributed by atoms with Gasteiger partial charge >= 0.3 is 6.09 Å². The minimum absolute atomic E-state index is 0.0192. The van der Waals surface area contributed by atoms with E-state index >= 15 is 0 Å². The Bertz CT molecular complexity index is 1230. The van der Waals surface area contributed by atoms with E-state index in [1.54, 1.807) is 36.3 Å². The van der Waals surface area contributed by atoms with Crippen molar-refractivity contribution in [3.8, 4) is 23.0 Å². The Morgan fingerprint density at radius 1 is 0.763 bits per heavy atom. The van der Waals surface area contributed by atoms with E-state index in [-0.39, 0.29) is 25.7 Å². The van der Waals surface area contributed by atoms with Crippen LogP contribution < -0.4 is 18.9 Å². The molecular weight excluding hydrogens is 488 g/mol. The molecule has 0 saturated carbocycles. The molecule has 9 heteroatoms. The van der Waals surface area contributed by atoms with Gasteiger partial charge in [-0.2, -0.15) is 0 Å². The third-order valence-corrected chi connectivity index (χ3v) is 7.11. The van der Waals surface area contributed by atoms with Crippen LogP contribution in [0.1, 0.15) is 28.3 Å². The summed E-state index contributed by atoms with van der Waals surface area (Å²) in [5.41, 5.74) is 4.35. The second kappa shape index (κ2) is 10.9. The van der Waals surface area contributed by atoms with Gasteiger partial charge < -0.3 is 33.3 Å². The van der Waals surface area contributed by atoms with E-state index in [9.17, 15) is 4.79 Å². The Balaban J connectivity index is 1.21. The van der Waals surface area contributed by atoms with Crippen molar-refractivity contribution in [3.05, 3.63) is 82.9 Å². The largest absolute Gasteiger partial charge is 0.497 e. The predicted octanol–water partition coefficient (Wildman–Crippen LogP) is 4.33. The molecule has 0 aromatic heterocycles. The van der Waals surface area contributed by atoms with Gasteiger partial charge in [-0.05, 0) is 59.7 Å². The molecule has 3 aliphatic heterocycles. The van der Waals surface area contributed by atoms with Crippen molar-refractivity contribution >= 4 is 6.09 Å². The number of benzene rings is 3. The van der Waals surface area contributed by atoms with Gasteiger partial charge in [-0.15, -0.1) is 0 Å². The summed E-state index contributed by atoms with van der Waals surface area (Å²) in [6.07, 6.45) is -0.350. The number of ether oxygens (including phenoxy) is 6. The molecule has 1 saturated heterocycles. The Morgan fingerprint density at radius 2 is 1.32 bits per heavy atom. The lowest BCUT2D eigenvalue weighted by molar-refractivity contribution is -0.0165. The highest BCUT2D eigenvalue weighted by Crippen LogP contribution is 2.36. The zero-order chi connectivity index (χ0) is 25.9. The first-order valence-electron chi connectivity index (χ1n) is 12.7. The third-order valence-electron chi connectivity index (χ3n) is 7.11. The Labute approximate surface area is 221 Å². The molecular formula is C29H30N2O7. The molecule has 0 bridgehead atoms. The number of nitrogens with zero attached hydrogens (tertiary/aromatic N) is 2. The first-order chi connectivity index (χ1) is 18.7. The second-order valence-corrected chi connectivity index (χ2v) is 9.42. The molecule has 1 fully saturated rings. The molecule has 1 amide bonds. The number of methoxy groups -OCH3 is 1. The average molecular weight is 519 g/mol. The van der Waals surface area contributed by atoms with Crippen molar-refractivity contribution in [2.45, 2.75) is 19.3 Å². The zero-order valence-corrected chi connectivity index (χ0v) is 21.3. The third kappa shape index (κ3) is 5.13. The molecule has 3 heterocycles. The molecule has 3 aromatic rings. The van der Waals surface area contributed by atoms with Crippen LogP contribution in [-0.4, -0.2) is 62.8 Å². The minimum Gasteiger partial charge on any atom is -0.497 e. The molecule has 198 valence electrons. The van der Waals surface area contributed by atoms with Gasteiger partial charge in [0.05, 0.1) is 26.4 Å². The number of fused-ring (bicyclic) bond motifs is 2. The number of hydrogen-bond acceptors (Lipinski definition) is 8. The number of amides is 1. The van der Waals surface area contributed by atoms with Crippen LogP contribution >= 0.6 is 0 Å². The van der Waals surface area contributed by atoms with Gasteiger partial charge in [0.15, 0.2) is 13.6 Å². The van der Waals surface area contributed by atoms with Crippen molar-refractivity contribution in [1.29, 1.82) is 0 Å². The van der Waals surface area contributed by atoms with Crippen LogP contribution in [0.3, 0.4) is 0 Å². The number of carbonyl (C=O) groups excluding carboxylic acids is 1. The fourth-order valence-corrected chi connectivity index (χ4v) is 5.15. The van der Waals surface area contributed by atoms with Gasteiger partial charge in [-0.3, -0.25) is 4.90 Å². The summed E-state index contributed by atoms with van der Waals surface area (Å²) in [6, 6.07) is 19.6. The molecule has 0 unspecified atom stereocenters. The summed E-state index contributed by atoms with van der Waals surface area (Å²) < 4.78 is 33.1. The number of rotatable bonds is 5.